The molecule has 1 aromatic carbocycles. The van der Waals surface area contributed by atoms with Crippen LogP contribution in [0, 0.1) is 0 Å². The monoisotopic (exact) mass is 249 g/mol. The summed E-state index contributed by atoms with van der Waals surface area (Å²) in [5.74, 6) is 0.271. The first-order chi connectivity index (χ1) is 8.27. The van der Waals surface area contributed by atoms with Gasteiger partial charge in [0.1, 0.15) is 5.75 Å². The molecule has 3 nitrogen and oxygen atoms in total. The van der Waals surface area contributed by atoms with Crippen molar-refractivity contribution in [3.8, 4) is 5.75 Å². The molecule has 0 aliphatic rings. The molecule has 18 heavy (non-hydrogen) atoms. The van der Waals surface area contributed by atoms with Crippen molar-refractivity contribution < 1.29 is 9.90 Å². The number of ketones is 1. The highest BCUT2D eigenvalue weighted by Gasteiger charge is 2.22. The SMILES string of the molecule is CCC(C)(C)N(C)Cc1cc(C(C)=O)ccc1O. The van der Waals surface area contributed by atoms with Crippen molar-refractivity contribution in [3.05, 3.63) is 29.3 Å². The normalized spacial score (nSPS) is 11.9. The molecule has 0 bridgehead atoms. The van der Waals surface area contributed by atoms with Crippen LogP contribution in [-0.2, 0) is 6.54 Å². The number of Topliss-reactive ketones (excluding diaryl/α,β-unsaturated/α-hetero) is 1. The van der Waals surface area contributed by atoms with E-state index >= 15 is 0 Å². The maximum Gasteiger partial charge on any atom is 0.159 e. The number of benzene rings is 1. The van der Waals surface area contributed by atoms with E-state index in [1.54, 1.807) is 18.2 Å². The van der Waals surface area contributed by atoms with E-state index in [1.165, 1.54) is 6.92 Å². The number of hydrogen-bond donors (Lipinski definition) is 1. The molecular weight excluding hydrogens is 226 g/mol. The van der Waals surface area contributed by atoms with Gasteiger partial charge in [-0.05, 0) is 52.4 Å². The van der Waals surface area contributed by atoms with Gasteiger partial charge >= 0.3 is 0 Å². The zero-order valence-corrected chi connectivity index (χ0v) is 11.9. The number of aromatic hydroxyl groups is 1. The van der Waals surface area contributed by atoms with Crippen molar-refractivity contribution >= 4 is 5.78 Å². The van der Waals surface area contributed by atoms with Crippen LogP contribution >= 0.6 is 0 Å². The third-order valence-corrected chi connectivity index (χ3v) is 3.79. The van der Waals surface area contributed by atoms with E-state index < -0.39 is 0 Å². The lowest BCUT2D eigenvalue weighted by Gasteiger charge is -2.35. The van der Waals surface area contributed by atoms with Gasteiger partial charge in [0.2, 0.25) is 0 Å². The topological polar surface area (TPSA) is 40.5 Å². The highest BCUT2D eigenvalue weighted by Crippen LogP contribution is 2.24. The van der Waals surface area contributed by atoms with Gasteiger partial charge in [0.25, 0.3) is 0 Å². The minimum absolute atomic E-state index is 0.0219. The number of carbonyl (C=O) groups is 1. The van der Waals surface area contributed by atoms with Crippen molar-refractivity contribution in [1.29, 1.82) is 0 Å². The Kier molecular flexibility index (Phi) is 4.52. The summed E-state index contributed by atoms with van der Waals surface area (Å²) in [6.07, 6.45) is 1.02. The Morgan fingerprint density at radius 2 is 2.00 bits per heavy atom. The van der Waals surface area contributed by atoms with Crippen LogP contribution in [0.1, 0.15) is 50.0 Å². The lowest BCUT2D eigenvalue weighted by molar-refractivity contribution is 0.101. The highest BCUT2D eigenvalue weighted by molar-refractivity contribution is 5.94. The maximum atomic E-state index is 11.4. The fourth-order valence-electron chi connectivity index (χ4n) is 1.67. The molecular formula is C15H23NO2. The molecule has 0 amide bonds. The highest BCUT2D eigenvalue weighted by atomic mass is 16.3. The average molecular weight is 249 g/mol. The Morgan fingerprint density at radius 3 is 2.50 bits per heavy atom. The smallest absolute Gasteiger partial charge is 0.159 e. The van der Waals surface area contributed by atoms with E-state index in [0.717, 1.165) is 12.0 Å². The number of phenols is 1. The van der Waals surface area contributed by atoms with Crippen LogP contribution in [0.25, 0.3) is 0 Å². The Hall–Kier alpha value is -1.35. The van der Waals surface area contributed by atoms with Crippen LogP contribution in [0.4, 0.5) is 0 Å². The van der Waals surface area contributed by atoms with Gasteiger partial charge in [0.05, 0.1) is 0 Å². The molecule has 1 aromatic rings. The molecule has 0 unspecified atom stereocenters. The molecule has 0 atom stereocenters. The second kappa shape index (κ2) is 5.53. The molecule has 0 aromatic heterocycles. The molecule has 3 heteroatoms. The summed E-state index contributed by atoms with van der Waals surface area (Å²) in [6.45, 7) is 8.64. The molecule has 1 rings (SSSR count). The Balaban J connectivity index is 2.97. The van der Waals surface area contributed by atoms with E-state index in [9.17, 15) is 9.90 Å². The summed E-state index contributed by atoms with van der Waals surface area (Å²) in [6, 6.07) is 5.03. The molecule has 0 radical (unpaired) electrons. The first-order valence-electron chi connectivity index (χ1n) is 6.32. The van der Waals surface area contributed by atoms with E-state index in [2.05, 4.69) is 25.7 Å². The van der Waals surface area contributed by atoms with Crippen molar-refractivity contribution in [3.63, 3.8) is 0 Å². The predicted molar refractivity (Wildman–Crippen MR) is 73.9 cm³/mol. The second-order valence-corrected chi connectivity index (χ2v) is 5.42. The quantitative estimate of drug-likeness (QED) is 0.815. The molecule has 100 valence electrons. The van der Waals surface area contributed by atoms with Crippen LogP contribution in [-0.4, -0.2) is 28.4 Å². The first kappa shape index (κ1) is 14.7. The van der Waals surface area contributed by atoms with Gasteiger partial charge < -0.3 is 5.11 Å². The van der Waals surface area contributed by atoms with Crippen molar-refractivity contribution in [2.75, 3.05) is 7.05 Å². The van der Waals surface area contributed by atoms with Gasteiger partial charge in [-0.3, -0.25) is 9.69 Å². The summed E-state index contributed by atoms with van der Waals surface area (Å²) in [5.41, 5.74) is 1.51. The number of carbonyl (C=O) groups excluding carboxylic acids is 1. The molecule has 0 saturated carbocycles. The van der Waals surface area contributed by atoms with Crippen LogP contribution < -0.4 is 0 Å². The van der Waals surface area contributed by atoms with Gasteiger partial charge in [-0.1, -0.05) is 6.92 Å². The number of nitrogens with zero attached hydrogens (tertiary/aromatic N) is 1. The first-order valence-corrected chi connectivity index (χ1v) is 6.32. The zero-order valence-electron chi connectivity index (χ0n) is 11.9. The molecule has 1 N–H and O–H groups in total. The lowest BCUT2D eigenvalue weighted by Crippen LogP contribution is -2.39. The van der Waals surface area contributed by atoms with Crippen LogP contribution in [0.5, 0.6) is 5.75 Å². The number of rotatable bonds is 5. The minimum Gasteiger partial charge on any atom is -0.508 e. The predicted octanol–water partition coefficient (Wildman–Crippen LogP) is 3.22. The number of hydrogen-bond acceptors (Lipinski definition) is 3. The van der Waals surface area contributed by atoms with E-state index in [4.69, 9.17) is 0 Å². The lowest BCUT2D eigenvalue weighted by atomic mass is 9.98. The largest absolute Gasteiger partial charge is 0.508 e. The Labute approximate surface area is 109 Å². The van der Waals surface area contributed by atoms with E-state index in [0.29, 0.717) is 12.1 Å². The standard InChI is InChI=1S/C15H23NO2/c1-6-15(3,4)16(5)10-13-9-12(11(2)17)7-8-14(13)18/h7-9,18H,6,10H2,1-5H3. The van der Waals surface area contributed by atoms with Gasteiger partial charge in [-0.25, -0.2) is 0 Å². The van der Waals surface area contributed by atoms with Crippen molar-refractivity contribution in [2.45, 2.75) is 46.2 Å². The van der Waals surface area contributed by atoms with Crippen LogP contribution in [0.2, 0.25) is 0 Å². The fraction of sp³-hybridized carbons (Fsp3) is 0.533. The molecule has 0 spiro atoms. The van der Waals surface area contributed by atoms with Crippen molar-refractivity contribution in [1.82, 2.24) is 4.90 Å². The summed E-state index contributed by atoms with van der Waals surface area (Å²) >= 11 is 0. The third kappa shape index (κ3) is 3.33. The summed E-state index contributed by atoms with van der Waals surface area (Å²) in [7, 11) is 2.03. The average Bonchev–Trinajstić information content (AvgIpc) is 2.31. The Bertz CT molecular complexity index is 438. The number of phenolic OH excluding ortho intramolecular Hbond substituents is 1. The van der Waals surface area contributed by atoms with Gasteiger partial charge in [-0.2, -0.15) is 0 Å². The summed E-state index contributed by atoms with van der Waals surface area (Å²) in [4.78, 5) is 13.5. The maximum absolute atomic E-state index is 11.4. The molecule has 0 aliphatic heterocycles. The zero-order chi connectivity index (χ0) is 13.9. The Morgan fingerprint density at radius 1 is 1.39 bits per heavy atom. The van der Waals surface area contributed by atoms with E-state index in [1.807, 2.05) is 7.05 Å². The summed E-state index contributed by atoms with van der Waals surface area (Å²) < 4.78 is 0. The van der Waals surface area contributed by atoms with E-state index in [-0.39, 0.29) is 17.1 Å². The summed E-state index contributed by atoms with van der Waals surface area (Å²) in [5, 5.41) is 9.87. The third-order valence-electron chi connectivity index (χ3n) is 3.79. The van der Waals surface area contributed by atoms with Gasteiger partial charge in [0, 0.05) is 23.2 Å². The van der Waals surface area contributed by atoms with Crippen LogP contribution in [0.15, 0.2) is 18.2 Å². The molecule has 0 fully saturated rings. The molecule has 0 heterocycles. The molecule has 0 aliphatic carbocycles. The van der Waals surface area contributed by atoms with Gasteiger partial charge in [-0.15, -0.1) is 0 Å². The van der Waals surface area contributed by atoms with Gasteiger partial charge in [0.15, 0.2) is 5.78 Å². The van der Waals surface area contributed by atoms with Crippen molar-refractivity contribution in [2.24, 2.45) is 0 Å². The second-order valence-electron chi connectivity index (χ2n) is 5.42. The minimum atomic E-state index is 0.0219. The molecule has 0 saturated heterocycles. The fourth-order valence-corrected chi connectivity index (χ4v) is 1.67. The van der Waals surface area contributed by atoms with Crippen LogP contribution in [0.3, 0.4) is 0 Å².